The molecule has 0 saturated carbocycles. The summed E-state index contributed by atoms with van der Waals surface area (Å²) < 4.78 is 38.0. The highest BCUT2D eigenvalue weighted by Gasteiger charge is 2.38. The van der Waals surface area contributed by atoms with Gasteiger partial charge in [0.15, 0.2) is 0 Å². The number of carboxylic acids is 1. The Kier molecular flexibility index (Phi) is 8.00. The molecule has 1 fully saturated rings. The van der Waals surface area contributed by atoms with Crippen molar-refractivity contribution in [1.82, 2.24) is 14.9 Å². The zero-order chi connectivity index (χ0) is 24.9. The first-order chi connectivity index (χ1) is 16.0. The van der Waals surface area contributed by atoms with Crippen molar-refractivity contribution in [2.45, 2.75) is 25.1 Å². The summed E-state index contributed by atoms with van der Waals surface area (Å²) in [6.45, 7) is 1.98. The van der Waals surface area contributed by atoms with Crippen LogP contribution in [0.5, 0.6) is 11.5 Å². The van der Waals surface area contributed by atoms with Crippen LogP contribution in [0.25, 0.3) is 10.9 Å². The fourth-order valence-corrected chi connectivity index (χ4v) is 3.50. The van der Waals surface area contributed by atoms with Crippen molar-refractivity contribution in [2.24, 2.45) is 0 Å². The number of carbonyl (C=O) groups is 1. The topological polar surface area (TPSA) is 108 Å². The van der Waals surface area contributed by atoms with E-state index in [0.717, 1.165) is 37.0 Å². The number of nitrogens with one attached hydrogen (secondary N) is 1. The molecule has 0 bridgehead atoms. The average molecular weight is 499 g/mol. The number of alkyl halides is 3. The molecule has 0 unspecified atom stereocenters. The van der Waals surface area contributed by atoms with Crippen LogP contribution in [-0.4, -0.2) is 63.5 Å². The predicted octanol–water partition coefficient (Wildman–Crippen LogP) is 4.84. The number of carboxylic acid groups (broad SMARTS) is 1. The molecule has 2 heterocycles. The van der Waals surface area contributed by atoms with E-state index < -0.39 is 12.1 Å². The lowest BCUT2D eigenvalue weighted by molar-refractivity contribution is -0.192. The van der Waals surface area contributed by atoms with Crippen LogP contribution in [0.4, 0.5) is 24.7 Å². The number of piperidine rings is 1. The molecule has 12 heteroatoms. The van der Waals surface area contributed by atoms with Crippen LogP contribution in [0.2, 0.25) is 5.02 Å². The summed E-state index contributed by atoms with van der Waals surface area (Å²) in [5.41, 5.74) is 1.44. The summed E-state index contributed by atoms with van der Waals surface area (Å²) in [6, 6.07) is 10.7. The van der Waals surface area contributed by atoms with Crippen molar-refractivity contribution in [3.63, 3.8) is 0 Å². The normalized spacial score (nSPS) is 14.9. The molecule has 8 nitrogen and oxygen atoms in total. The largest absolute Gasteiger partial charge is 0.508 e. The number of halogens is 4. The molecule has 0 atom stereocenters. The molecular weight excluding hydrogens is 477 g/mol. The summed E-state index contributed by atoms with van der Waals surface area (Å²) in [5, 5.41) is 21.9. The third kappa shape index (κ3) is 6.84. The van der Waals surface area contributed by atoms with Gasteiger partial charge >= 0.3 is 12.1 Å². The monoisotopic (exact) mass is 498 g/mol. The highest BCUT2D eigenvalue weighted by Crippen LogP contribution is 2.36. The zero-order valence-corrected chi connectivity index (χ0v) is 18.8. The Labute approximate surface area is 198 Å². The van der Waals surface area contributed by atoms with Crippen LogP contribution >= 0.6 is 11.6 Å². The number of aliphatic carboxylic acids is 1. The Balaban J connectivity index is 0.000000406. The molecule has 1 aliphatic heterocycles. The van der Waals surface area contributed by atoms with Gasteiger partial charge in [-0.2, -0.15) is 13.2 Å². The molecule has 3 N–H and O–H groups in total. The number of ether oxygens (including phenoxy) is 1. The maximum atomic E-state index is 10.6. The van der Waals surface area contributed by atoms with E-state index in [1.54, 1.807) is 12.1 Å². The molecule has 4 rings (SSSR count). The lowest BCUT2D eigenvalue weighted by atomic mass is 10.1. The number of benzene rings is 2. The van der Waals surface area contributed by atoms with Crippen molar-refractivity contribution >= 4 is 40.0 Å². The van der Waals surface area contributed by atoms with Gasteiger partial charge in [0.1, 0.15) is 29.7 Å². The summed E-state index contributed by atoms with van der Waals surface area (Å²) in [5.74, 6) is -1.43. The van der Waals surface area contributed by atoms with Gasteiger partial charge in [-0.3, -0.25) is 0 Å². The number of anilines is 2. The second kappa shape index (κ2) is 10.7. The fourth-order valence-electron chi connectivity index (χ4n) is 3.31. The first-order valence-electron chi connectivity index (χ1n) is 10.2. The molecule has 0 amide bonds. The molecule has 2 aromatic carbocycles. The van der Waals surface area contributed by atoms with Gasteiger partial charge in [0.2, 0.25) is 0 Å². The van der Waals surface area contributed by atoms with E-state index in [1.807, 2.05) is 24.3 Å². The second-order valence-electron chi connectivity index (χ2n) is 7.62. The van der Waals surface area contributed by atoms with Crippen molar-refractivity contribution in [3.05, 3.63) is 47.7 Å². The summed E-state index contributed by atoms with van der Waals surface area (Å²) in [6.07, 6.45) is -1.63. The number of fused-ring (bicyclic) bond motifs is 1. The van der Waals surface area contributed by atoms with Gasteiger partial charge in [0.05, 0.1) is 10.9 Å². The number of likely N-dealkylation sites (tertiary alicyclic amines) is 1. The van der Waals surface area contributed by atoms with Crippen molar-refractivity contribution < 1.29 is 32.9 Å². The maximum Gasteiger partial charge on any atom is 0.490 e. The van der Waals surface area contributed by atoms with Crippen LogP contribution in [0.3, 0.4) is 0 Å². The lowest BCUT2D eigenvalue weighted by Crippen LogP contribution is -2.35. The molecule has 1 aromatic heterocycles. The van der Waals surface area contributed by atoms with Crippen LogP contribution in [0, 0.1) is 0 Å². The summed E-state index contributed by atoms with van der Waals surface area (Å²) in [4.78, 5) is 19.9. The van der Waals surface area contributed by atoms with Crippen LogP contribution in [0.1, 0.15) is 12.8 Å². The minimum Gasteiger partial charge on any atom is -0.508 e. The van der Waals surface area contributed by atoms with Crippen molar-refractivity contribution in [1.29, 1.82) is 0 Å². The second-order valence-corrected chi connectivity index (χ2v) is 8.06. The summed E-state index contributed by atoms with van der Waals surface area (Å²) >= 11 is 6.09. The van der Waals surface area contributed by atoms with E-state index in [0.29, 0.717) is 22.1 Å². The molecule has 3 aromatic rings. The molecule has 1 saturated heterocycles. The number of aromatic nitrogens is 2. The number of nitrogens with zero attached hydrogens (tertiary/aromatic N) is 3. The van der Waals surface area contributed by atoms with E-state index >= 15 is 0 Å². The minimum absolute atomic E-state index is 0.102. The van der Waals surface area contributed by atoms with Gasteiger partial charge < -0.3 is 25.2 Å². The minimum atomic E-state index is -5.08. The molecule has 0 spiro atoms. The maximum absolute atomic E-state index is 10.6. The molecule has 34 heavy (non-hydrogen) atoms. The third-order valence-corrected chi connectivity index (χ3v) is 5.21. The lowest BCUT2D eigenvalue weighted by Gasteiger charge is -2.29. The van der Waals surface area contributed by atoms with Gasteiger partial charge in [-0.25, -0.2) is 14.8 Å². The van der Waals surface area contributed by atoms with Crippen LogP contribution in [0.15, 0.2) is 42.7 Å². The number of aromatic hydroxyl groups is 1. The summed E-state index contributed by atoms with van der Waals surface area (Å²) in [7, 11) is 2.11. The van der Waals surface area contributed by atoms with Crippen molar-refractivity contribution in [3.8, 4) is 11.5 Å². The molecule has 0 radical (unpaired) electrons. The van der Waals surface area contributed by atoms with Gasteiger partial charge in [0, 0.05) is 35.9 Å². The Hall–Kier alpha value is -3.31. The van der Waals surface area contributed by atoms with E-state index in [-0.39, 0.29) is 11.9 Å². The Morgan fingerprint density at radius 3 is 2.50 bits per heavy atom. The van der Waals surface area contributed by atoms with Crippen LogP contribution < -0.4 is 10.1 Å². The Morgan fingerprint density at radius 1 is 1.21 bits per heavy atom. The molecule has 0 aliphatic carbocycles. The van der Waals surface area contributed by atoms with Gasteiger partial charge in [-0.1, -0.05) is 17.7 Å². The average Bonchev–Trinajstić information content (AvgIpc) is 2.75. The quantitative estimate of drug-likeness (QED) is 0.469. The Morgan fingerprint density at radius 2 is 1.88 bits per heavy atom. The van der Waals surface area contributed by atoms with E-state index in [9.17, 15) is 18.3 Å². The fraction of sp³-hybridized carbons (Fsp3) is 0.318. The third-order valence-electron chi connectivity index (χ3n) is 4.98. The standard InChI is InChI=1S/C20H21ClN4O2.C2HF3O2/c1-25-7-5-16(6-8-25)27-18-11-15(26)10-17-19(18)20(23-12-22-17)24-14-4-2-3-13(21)9-14;3-2(4,5)1(6)7/h2-4,9-12,16,26H,5-8H2,1H3,(H,22,23,24);(H,6,7). The highest BCUT2D eigenvalue weighted by molar-refractivity contribution is 6.30. The number of phenolic OH excluding ortho intramolecular Hbond substituents is 1. The van der Waals surface area contributed by atoms with E-state index in [2.05, 4.69) is 27.2 Å². The molecule has 182 valence electrons. The number of hydrogen-bond acceptors (Lipinski definition) is 7. The van der Waals surface area contributed by atoms with E-state index in [1.165, 1.54) is 6.33 Å². The highest BCUT2D eigenvalue weighted by atomic mass is 35.5. The first kappa shape index (κ1) is 25.3. The van der Waals surface area contributed by atoms with E-state index in [4.69, 9.17) is 26.2 Å². The van der Waals surface area contributed by atoms with Gasteiger partial charge in [-0.05, 0) is 38.1 Å². The Bertz CT molecular complexity index is 1150. The SMILES string of the molecule is CN1CCC(Oc2cc(O)cc3ncnc(Nc4cccc(Cl)c4)c23)CC1.O=C(O)C(F)(F)F. The molecule has 1 aliphatic rings. The smallest absolute Gasteiger partial charge is 0.490 e. The number of rotatable bonds is 4. The predicted molar refractivity (Wildman–Crippen MR) is 121 cm³/mol. The first-order valence-corrected chi connectivity index (χ1v) is 10.6. The molecular formula is C22H22ClF3N4O4. The van der Waals surface area contributed by atoms with Crippen molar-refractivity contribution in [2.75, 3.05) is 25.5 Å². The zero-order valence-electron chi connectivity index (χ0n) is 18.0. The van der Waals surface area contributed by atoms with Gasteiger partial charge in [0.25, 0.3) is 0 Å². The van der Waals surface area contributed by atoms with Crippen LogP contribution in [-0.2, 0) is 4.79 Å². The number of phenols is 1. The van der Waals surface area contributed by atoms with Gasteiger partial charge in [-0.15, -0.1) is 0 Å². The number of hydrogen-bond donors (Lipinski definition) is 3.